The Hall–Kier alpha value is -3.40. The molecule has 0 bridgehead atoms. The van der Waals surface area contributed by atoms with Crippen molar-refractivity contribution in [3.05, 3.63) is 54.5 Å². The minimum Gasteiger partial charge on any atom is -0.399 e. The second kappa shape index (κ2) is 10.9. The number of hydrogen-bond acceptors (Lipinski definition) is 6. The number of fused-ring (bicyclic) bond motifs is 1. The third-order valence-corrected chi connectivity index (χ3v) is 6.15. The number of nitrogens with one attached hydrogen (secondary N) is 2. The summed E-state index contributed by atoms with van der Waals surface area (Å²) in [6, 6.07) is 11.5. The normalized spacial score (nSPS) is 14.1. The Kier molecular flexibility index (Phi) is 7.70. The van der Waals surface area contributed by atoms with Gasteiger partial charge in [-0.1, -0.05) is 12.1 Å². The van der Waals surface area contributed by atoms with Crippen molar-refractivity contribution in [2.24, 2.45) is 0 Å². The van der Waals surface area contributed by atoms with E-state index < -0.39 is 0 Å². The van der Waals surface area contributed by atoms with E-state index in [0.29, 0.717) is 23.6 Å². The Morgan fingerprint density at radius 1 is 1.17 bits per heavy atom. The highest BCUT2D eigenvalue weighted by Gasteiger charge is 2.19. The number of halogens is 1. The molecule has 9 nitrogen and oxygen atoms in total. The van der Waals surface area contributed by atoms with E-state index in [0.717, 1.165) is 67.2 Å². The van der Waals surface area contributed by atoms with Crippen molar-refractivity contribution in [3.63, 3.8) is 0 Å². The molecule has 1 saturated heterocycles. The molecular weight excluding hydrogens is 466 g/mol. The van der Waals surface area contributed by atoms with E-state index in [1.54, 1.807) is 6.20 Å². The summed E-state index contributed by atoms with van der Waals surface area (Å²) in [7, 11) is 0. The summed E-state index contributed by atoms with van der Waals surface area (Å²) in [5.41, 5.74) is 11.6. The van der Waals surface area contributed by atoms with E-state index in [2.05, 4.69) is 27.1 Å². The molecule has 5 rings (SSSR count). The van der Waals surface area contributed by atoms with Crippen LogP contribution < -0.4 is 11.1 Å². The number of ether oxygens (including phenoxy) is 1. The number of carbonyl (C=O) groups excluding carboxylic acids is 1. The molecule has 1 fully saturated rings. The molecule has 0 saturated carbocycles. The first-order chi connectivity index (χ1) is 16.6. The summed E-state index contributed by atoms with van der Waals surface area (Å²) in [6.07, 6.45) is 3.79. The molecule has 1 aliphatic heterocycles. The summed E-state index contributed by atoms with van der Waals surface area (Å²) >= 11 is 0. The molecule has 0 radical (unpaired) electrons. The highest BCUT2D eigenvalue weighted by Crippen LogP contribution is 2.35. The molecule has 35 heavy (non-hydrogen) atoms. The highest BCUT2D eigenvalue weighted by molar-refractivity contribution is 6.03. The van der Waals surface area contributed by atoms with Crippen LogP contribution in [0.15, 0.2) is 48.8 Å². The summed E-state index contributed by atoms with van der Waals surface area (Å²) in [4.78, 5) is 22.8. The first-order valence-electron chi connectivity index (χ1n) is 11.6. The zero-order valence-electron chi connectivity index (χ0n) is 19.7. The first-order valence-corrected chi connectivity index (χ1v) is 11.6. The number of aryl methyl sites for hydroxylation is 1. The van der Waals surface area contributed by atoms with Gasteiger partial charge in [-0.15, -0.1) is 12.4 Å². The number of aromatic nitrogens is 4. The van der Waals surface area contributed by atoms with Gasteiger partial charge in [0.15, 0.2) is 0 Å². The fourth-order valence-electron chi connectivity index (χ4n) is 4.27. The average Bonchev–Trinajstić information content (AvgIpc) is 3.50. The first kappa shape index (κ1) is 24.7. The maximum Gasteiger partial charge on any atom is 0.267 e. The van der Waals surface area contributed by atoms with Crippen molar-refractivity contribution in [1.82, 2.24) is 30.0 Å². The van der Waals surface area contributed by atoms with Gasteiger partial charge in [-0.3, -0.25) is 14.4 Å². The van der Waals surface area contributed by atoms with E-state index in [-0.39, 0.29) is 18.3 Å². The van der Waals surface area contributed by atoms with E-state index >= 15 is 0 Å². The Bertz CT molecular complexity index is 1290. The van der Waals surface area contributed by atoms with Gasteiger partial charge in [-0.05, 0) is 36.8 Å². The lowest BCUT2D eigenvalue weighted by Gasteiger charge is -2.26. The largest absolute Gasteiger partial charge is 0.399 e. The summed E-state index contributed by atoms with van der Waals surface area (Å²) in [5, 5.41) is 8.69. The van der Waals surface area contributed by atoms with Crippen LogP contribution in [-0.4, -0.2) is 69.9 Å². The number of nitrogens with zero attached hydrogens (tertiary/aromatic N) is 4. The van der Waals surface area contributed by atoms with E-state index in [1.807, 2.05) is 47.3 Å². The Morgan fingerprint density at radius 3 is 2.69 bits per heavy atom. The van der Waals surface area contributed by atoms with Crippen molar-refractivity contribution in [3.8, 4) is 22.4 Å². The second-order valence-corrected chi connectivity index (χ2v) is 8.38. The van der Waals surface area contributed by atoms with Crippen molar-refractivity contribution < 1.29 is 9.53 Å². The van der Waals surface area contributed by atoms with E-state index in [9.17, 15) is 4.79 Å². The average molecular weight is 496 g/mol. The van der Waals surface area contributed by atoms with Gasteiger partial charge < -0.3 is 20.8 Å². The van der Waals surface area contributed by atoms with Crippen molar-refractivity contribution in [2.75, 3.05) is 45.1 Å². The van der Waals surface area contributed by atoms with Crippen LogP contribution in [0.3, 0.4) is 0 Å². The fraction of sp³-hybridized carbons (Fsp3) is 0.320. The van der Waals surface area contributed by atoms with Crippen molar-refractivity contribution in [2.45, 2.75) is 13.5 Å². The van der Waals surface area contributed by atoms with E-state index in [4.69, 9.17) is 15.6 Å². The number of rotatable bonds is 7. The smallest absolute Gasteiger partial charge is 0.267 e. The number of pyridine rings is 1. The lowest BCUT2D eigenvalue weighted by Crippen LogP contribution is -2.41. The molecule has 0 atom stereocenters. The molecule has 1 aliphatic rings. The Morgan fingerprint density at radius 2 is 1.94 bits per heavy atom. The van der Waals surface area contributed by atoms with Gasteiger partial charge in [-0.2, -0.15) is 5.10 Å². The quantitative estimate of drug-likeness (QED) is 0.339. The number of amides is 1. The summed E-state index contributed by atoms with van der Waals surface area (Å²) in [5.74, 6) is -0.139. The third-order valence-electron chi connectivity index (χ3n) is 6.15. The predicted molar refractivity (Wildman–Crippen MR) is 140 cm³/mol. The number of anilines is 1. The number of nitrogen functional groups attached to an aromatic ring is 1. The molecular formula is C25H30ClN7O2. The van der Waals surface area contributed by atoms with Crippen LogP contribution in [0, 0.1) is 0 Å². The maximum atomic E-state index is 12.8. The van der Waals surface area contributed by atoms with Crippen LogP contribution >= 0.6 is 12.4 Å². The molecule has 1 aromatic carbocycles. The topological polar surface area (TPSA) is 114 Å². The number of nitrogens with two attached hydrogens (primary N) is 1. The molecule has 184 valence electrons. The van der Waals surface area contributed by atoms with Crippen LogP contribution in [0.4, 0.5) is 5.69 Å². The van der Waals surface area contributed by atoms with Gasteiger partial charge >= 0.3 is 0 Å². The van der Waals surface area contributed by atoms with Gasteiger partial charge in [0.2, 0.25) is 0 Å². The highest BCUT2D eigenvalue weighted by atomic mass is 35.5. The molecule has 3 aromatic heterocycles. The molecule has 10 heteroatoms. The lowest BCUT2D eigenvalue weighted by molar-refractivity contribution is 0.0383. The molecule has 0 unspecified atom stereocenters. The predicted octanol–water partition coefficient (Wildman–Crippen LogP) is 3.18. The van der Waals surface area contributed by atoms with Gasteiger partial charge in [0.25, 0.3) is 5.91 Å². The van der Waals surface area contributed by atoms with Crippen molar-refractivity contribution in [1.29, 1.82) is 0 Å². The Balaban J connectivity index is 0.00000289. The minimum atomic E-state index is -0.139. The van der Waals surface area contributed by atoms with Gasteiger partial charge in [0, 0.05) is 67.3 Å². The van der Waals surface area contributed by atoms with Crippen molar-refractivity contribution >= 4 is 35.0 Å². The lowest BCUT2D eigenvalue weighted by atomic mass is 10.00. The number of benzene rings is 1. The van der Waals surface area contributed by atoms with Gasteiger partial charge in [0.1, 0.15) is 17.0 Å². The Labute approximate surface area is 210 Å². The van der Waals surface area contributed by atoms with Crippen LogP contribution in [0.25, 0.3) is 33.4 Å². The van der Waals surface area contributed by atoms with Crippen LogP contribution in [0.2, 0.25) is 0 Å². The van der Waals surface area contributed by atoms with Crippen LogP contribution in [0.1, 0.15) is 17.4 Å². The number of morpholine rings is 1. The molecule has 1 amide bonds. The summed E-state index contributed by atoms with van der Waals surface area (Å²) in [6.45, 7) is 7.49. The van der Waals surface area contributed by atoms with Crippen LogP contribution in [-0.2, 0) is 11.3 Å². The molecule has 4 heterocycles. The zero-order chi connectivity index (χ0) is 23.5. The number of carbonyl (C=O) groups is 1. The molecule has 0 aliphatic carbocycles. The van der Waals surface area contributed by atoms with E-state index in [1.165, 1.54) is 0 Å². The minimum absolute atomic E-state index is 0. The monoisotopic (exact) mass is 495 g/mol. The SMILES string of the molecule is CCn1cc(-c2ccnc3[nH]c(C(=O)NCCN4CCOCC4)cc23)c(-c2ccc(N)cc2)n1.Cl. The van der Waals surface area contributed by atoms with Gasteiger partial charge in [0.05, 0.1) is 13.2 Å². The van der Waals surface area contributed by atoms with Gasteiger partial charge in [-0.25, -0.2) is 4.98 Å². The zero-order valence-corrected chi connectivity index (χ0v) is 20.5. The number of hydrogen-bond donors (Lipinski definition) is 3. The standard InChI is InChI=1S/C25H29N7O2.ClH/c1-2-32-16-21(23(30-32)17-3-5-18(26)6-4-17)19-7-8-27-24-20(19)15-22(29-24)25(33)28-9-10-31-11-13-34-14-12-31;/h3-8,15-16H,2,9-14,26H2,1H3,(H,27,29)(H,28,33);1H. The third kappa shape index (κ3) is 5.32. The summed E-state index contributed by atoms with van der Waals surface area (Å²) < 4.78 is 7.29. The second-order valence-electron chi connectivity index (χ2n) is 8.38. The number of H-pyrrole nitrogens is 1. The molecule has 4 aromatic rings. The fourth-order valence-corrected chi connectivity index (χ4v) is 4.27. The molecule has 0 spiro atoms. The maximum absolute atomic E-state index is 12.8. The molecule has 4 N–H and O–H groups in total. The number of aromatic amines is 1. The van der Waals surface area contributed by atoms with Crippen LogP contribution in [0.5, 0.6) is 0 Å².